The van der Waals surface area contributed by atoms with Gasteiger partial charge in [0, 0.05) is 18.0 Å². The predicted molar refractivity (Wildman–Crippen MR) is 83.5 cm³/mol. The van der Waals surface area contributed by atoms with Crippen LogP contribution in [0.2, 0.25) is 0 Å². The first-order chi connectivity index (χ1) is 10.1. The van der Waals surface area contributed by atoms with E-state index < -0.39 is 0 Å². The fraction of sp³-hybridized carbons (Fsp3) is 0.312. The Morgan fingerprint density at radius 3 is 3.00 bits per heavy atom. The number of benzene rings is 1. The number of aromatic hydroxyl groups is 1. The molecule has 0 unspecified atom stereocenters. The highest BCUT2D eigenvalue weighted by atomic mass is 32.1. The molecule has 4 nitrogen and oxygen atoms in total. The second kappa shape index (κ2) is 5.77. The smallest absolute Gasteiger partial charge is 0.318 e. The molecule has 0 bridgehead atoms. The lowest BCUT2D eigenvalue weighted by Gasteiger charge is -2.29. The standard InChI is InChI=1S/C16H18N2O2S/c1-11-5-7-21-15(11)9-17-16(20)18-6-4-12-2-3-14(19)8-13(12)10-18/h2-3,5,7-8,19H,4,6,9-10H2,1H3,(H,17,20). The number of nitrogens with zero attached hydrogens (tertiary/aromatic N) is 1. The first kappa shape index (κ1) is 13.9. The summed E-state index contributed by atoms with van der Waals surface area (Å²) in [4.78, 5) is 15.2. The molecule has 2 N–H and O–H groups in total. The number of hydrogen-bond donors (Lipinski definition) is 2. The number of rotatable bonds is 2. The van der Waals surface area contributed by atoms with Crippen LogP contribution in [0, 0.1) is 6.92 Å². The van der Waals surface area contributed by atoms with Gasteiger partial charge < -0.3 is 15.3 Å². The number of aryl methyl sites for hydroxylation is 1. The largest absolute Gasteiger partial charge is 0.508 e. The summed E-state index contributed by atoms with van der Waals surface area (Å²) in [6.45, 7) is 3.90. The highest BCUT2D eigenvalue weighted by molar-refractivity contribution is 7.10. The summed E-state index contributed by atoms with van der Waals surface area (Å²) in [6, 6.07) is 7.41. The van der Waals surface area contributed by atoms with Crippen LogP contribution in [0.3, 0.4) is 0 Å². The summed E-state index contributed by atoms with van der Waals surface area (Å²) in [6.07, 6.45) is 0.834. The molecule has 1 aliphatic rings. The molecule has 0 fully saturated rings. The van der Waals surface area contributed by atoms with Crippen LogP contribution in [0.15, 0.2) is 29.6 Å². The molecule has 0 atom stereocenters. The van der Waals surface area contributed by atoms with Crippen molar-refractivity contribution >= 4 is 17.4 Å². The van der Waals surface area contributed by atoms with E-state index in [1.54, 1.807) is 28.4 Å². The molecule has 3 rings (SSSR count). The van der Waals surface area contributed by atoms with Crippen molar-refractivity contribution in [2.75, 3.05) is 6.54 Å². The summed E-state index contributed by atoms with van der Waals surface area (Å²) in [5.41, 5.74) is 3.46. The van der Waals surface area contributed by atoms with E-state index in [2.05, 4.69) is 18.3 Å². The highest BCUT2D eigenvalue weighted by Gasteiger charge is 2.20. The summed E-state index contributed by atoms with van der Waals surface area (Å²) < 4.78 is 0. The van der Waals surface area contributed by atoms with Gasteiger partial charge in [-0.25, -0.2) is 4.79 Å². The van der Waals surface area contributed by atoms with Crippen LogP contribution >= 0.6 is 11.3 Å². The highest BCUT2D eigenvalue weighted by Crippen LogP contribution is 2.23. The van der Waals surface area contributed by atoms with E-state index in [-0.39, 0.29) is 11.8 Å². The Labute approximate surface area is 128 Å². The third kappa shape index (κ3) is 3.03. The van der Waals surface area contributed by atoms with E-state index >= 15 is 0 Å². The first-order valence-corrected chi connectivity index (χ1v) is 7.88. The molecule has 0 radical (unpaired) electrons. The zero-order chi connectivity index (χ0) is 14.8. The lowest BCUT2D eigenvalue weighted by atomic mass is 10.00. The molecule has 5 heteroatoms. The minimum absolute atomic E-state index is 0.0446. The van der Waals surface area contributed by atoms with Gasteiger partial charge in [0.05, 0.1) is 6.54 Å². The Kier molecular flexibility index (Phi) is 3.84. The number of phenolic OH excluding ortho intramolecular Hbond substituents is 1. The van der Waals surface area contributed by atoms with E-state index in [4.69, 9.17) is 0 Å². The van der Waals surface area contributed by atoms with Gasteiger partial charge in [-0.1, -0.05) is 6.07 Å². The lowest BCUT2D eigenvalue weighted by molar-refractivity contribution is 0.192. The number of phenols is 1. The van der Waals surface area contributed by atoms with Crippen LogP contribution in [0.1, 0.15) is 21.6 Å². The Hall–Kier alpha value is -2.01. The first-order valence-electron chi connectivity index (χ1n) is 7.00. The van der Waals surface area contributed by atoms with Crippen LogP contribution in [0.25, 0.3) is 0 Å². The van der Waals surface area contributed by atoms with Gasteiger partial charge in [0.1, 0.15) is 5.75 Å². The fourth-order valence-corrected chi connectivity index (χ4v) is 3.42. The van der Waals surface area contributed by atoms with Crippen molar-refractivity contribution in [3.8, 4) is 5.75 Å². The van der Waals surface area contributed by atoms with Crippen molar-refractivity contribution < 1.29 is 9.90 Å². The number of amides is 2. The number of hydrogen-bond acceptors (Lipinski definition) is 3. The van der Waals surface area contributed by atoms with Gasteiger partial charge in [-0.15, -0.1) is 11.3 Å². The van der Waals surface area contributed by atoms with Crippen LogP contribution in [0.5, 0.6) is 5.75 Å². The topological polar surface area (TPSA) is 52.6 Å². The zero-order valence-corrected chi connectivity index (χ0v) is 12.7. The minimum atomic E-state index is -0.0446. The molecule has 0 spiro atoms. The molecule has 110 valence electrons. The molecule has 0 saturated carbocycles. The summed E-state index contributed by atoms with van der Waals surface area (Å²) in [7, 11) is 0. The zero-order valence-electron chi connectivity index (χ0n) is 11.9. The van der Waals surface area contributed by atoms with Crippen LogP contribution in [0.4, 0.5) is 4.79 Å². The van der Waals surface area contributed by atoms with Crippen molar-refractivity contribution in [2.24, 2.45) is 0 Å². The Morgan fingerprint density at radius 2 is 2.24 bits per heavy atom. The molecule has 1 aliphatic heterocycles. The van der Waals surface area contributed by atoms with Crippen LogP contribution < -0.4 is 5.32 Å². The van der Waals surface area contributed by atoms with Gasteiger partial charge in [0.15, 0.2) is 0 Å². The Bertz CT molecular complexity index is 666. The third-order valence-electron chi connectivity index (χ3n) is 3.86. The second-order valence-electron chi connectivity index (χ2n) is 5.31. The van der Waals surface area contributed by atoms with Gasteiger partial charge in [0.2, 0.25) is 0 Å². The van der Waals surface area contributed by atoms with Gasteiger partial charge >= 0.3 is 6.03 Å². The monoisotopic (exact) mass is 302 g/mol. The van der Waals surface area contributed by atoms with Gasteiger partial charge in [-0.05, 0) is 53.6 Å². The molecule has 2 heterocycles. The van der Waals surface area contributed by atoms with Crippen molar-refractivity contribution in [1.82, 2.24) is 10.2 Å². The van der Waals surface area contributed by atoms with Gasteiger partial charge in [-0.2, -0.15) is 0 Å². The third-order valence-corrected chi connectivity index (χ3v) is 4.88. The van der Waals surface area contributed by atoms with E-state index in [1.807, 2.05) is 11.4 Å². The quantitative estimate of drug-likeness (QED) is 0.896. The van der Waals surface area contributed by atoms with Crippen LogP contribution in [-0.2, 0) is 19.5 Å². The Morgan fingerprint density at radius 1 is 1.38 bits per heavy atom. The maximum atomic E-state index is 12.3. The number of urea groups is 1. The SMILES string of the molecule is Cc1ccsc1CNC(=O)N1CCc2ccc(O)cc2C1. The molecule has 1 aromatic heterocycles. The van der Waals surface area contributed by atoms with Gasteiger partial charge in [0.25, 0.3) is 0 Å². The molecule has 2 aromatic rings. The minimum Gasteiger partial charge on any atom is -0.508 e. The molecular formula is C16H18N2O2S. The average molecular weight is 302 g/mol. The summed E-state index contributed by atoms with van der Waals surface area (Å²) >= 11 is 1.66. The van der Waals surface area contributed by atoms with E-state index in [9.17, 15) is 9.90 Å². The van der Waals surface area contributed by atoms with Crippen molar-refractivity contribution in [3.05, 3.63) is 51.2 Å². The summed E-state index contributed by atoms with van der Waals surface area (Å²) in [5, 5.41) is 14.6. The van der Waals surface area contributed by atoms with E-state index in [0.717, 1.165) is 12.0 Å². The van der Waals surface area contributed by atoms with Crippen molar-refractivity contribution in [2.45, 2.75) is 26.4 Å². The summed E-state index contributed by atoms with van der Waals surface area (Å²) in [5.74, 6) is 0.255. The molecule has 0 aliphatic carbocycles. The fourth-order valence-electron chi connectivity index (χ4n) is 2.57. The number of thiophene rings is 1. The molecule has 21 heavy (non-hydrogen) atoms. The second-order valence-corrected chi connectivity index (χ2v) is 6.31. The van der Waals surface area contributed by atoms with Gasteiger partial charge in [-0.3, -0.25) is 0 Å². The molecule has 0 saturated heterocycles. The maximum Gasteiger partial charge on any atom is 0.318 e. The molecule has 1 aromatic carbocycles. The van der Waals surface area contributed by atoms with E-state index in [0.29, 0.717) is 19.6 Å². The van der Waals surface area contributed by atoms with Crippen molar-refractivity contribution in [1.29, 1.82) is 0 Å². The number of fused-ring (bicyclic) bond motifs is 1. The predicted octanol–water partition coefficient (Wildman–Crippen LogP) is 3.03. The van der Waals surface area contributed by atoms with E-state index in [1.165, 1.54) is 16.0 Å². The Balaban J connectivity index is 1.63. The molecular weight excluding hydrogens is 284 g/mol. The molecule has 2 amide bonds. The number of carbonyl (C=O) groups is 1. The van der Waals surface area contributed by atoms with Crippen molar-refractivity contribution in [3.63, 3.8) is 0 Å². The lowest BCUT2D eigenvalue weighted by Crippen LogP contribution is -2.42. The normalized spacial score (nSPS) is 13.9. The number of carbonyl (C=O) groups excluding carboxylic acids is 1. The average Bonchev–Trinajstić information content (AvgIpc) is 2.89. The number of nitrogens with one attached hydrogen (secondary N) is 1. The maximum absolute atomic E-state index is 12.3. The van der Waals surface area contributed by atoms with Crippen LogP contribution in [-0.4, -0.2) is 22.6 Å².